The molecule has 0 aliphatic carbocycles. The Hall–Kier alpha value is -1.09. The maximum atomic E-state index is 11.7. The van der Waals surface area contributed by atoms with Crippen molar-refractivity contribution >= 4 is 5.91 Å². The zero-order valence-corrected chi connectivity index (χ0v) is 10.3. The van der Waals surface area contributed by atoms with Crippen LogP contribution in [0, 0.1) is 0 Å². The minimum Gasteiger partial charge on any atom is -0.314 e. The molecule has 0 unspecified atom stereocenters. The Bertz CT molecular complexity index is 244. The fourth-order valence-electron chi connectivity index (χ4n) is 1.17. The molecule has 0 aromatic carbocycles. The van der Waals surface area contributed by atoms with Crippen LogP contribution in [0.25, 0.3) is 0 Å². The largest absolute Gasteiger partial charge is 0.314 e. The van der Waals surface area contributed by atoms with Gasteiger partial charge in [-0.15, -0.1) is 0 Å². The van der Waals surface area contributed by atoms with E-state index >= 15 is 0 Å². The van der Waals surface area contributed by atoms with Crippen LogP contribution >= 0.6 is 0 Å². The summed E-state index contributed by atoms with van der Waals surface area (Å²) in [5.41, 5.74) is 0.802. The van der Waals surface area contributed by atoms with Crippen LogP contribution in [-0.4, -0.2) is 42.9 Å². The average Bonchev–Trinajstić information content (AvgIpc) is 2.12. The Labute approximate surface area is 93.1 Å². The number of hydrogen-bond donors (Lipinski definition) is 0. The highest BCUT2D eigenvalue weighted by atomic mass is 16.2. The summed E-state index contributed by atoms with van der Waals surface area (Å²) in [6.45, 7) is 9.22. The Morgan fingerprint density at radius 2 is 2.00 bits per heavy atom. The summed E-state index contributed by atoms with van der Waals surface area (Å²) in [6, 6.07) is 0. The van der Waals surface area contributed by atoms with Crippen LogP contribution in [0.15, 0.2) is 24.4 Å². The summed E-state index contributed by atoms with van der Waals surface area (Å²) in [6.07, 6.45) is 4.43. The molecule has 0 rings (SSSR count). The monoisotopic (exact) mass is 210 g/mol. The van der Waals surface area contributed by atoms with Crippen molar-refractivity contribution in [1.29, 1.82) is 0 Å². The Kier molecular flexibility index (Phi) is 6.71. The normalized spacial score (nSPS) is 11.0. The molecule has 0 bridgehead atoms. The second-order valence-corrected chi connectivity index (χ2v) is 3.89. The van der Waals surface area contributed by atoms with Crippen molar-refractivity contribution in [3.63, 3.8) is 0 Å². The molecule has 0 heterocycles. The van der Waals surface area contributed by atoms with Gasteiger partial charge in [-0.25, -0.2) is 0 Å². The molecular formula is C12H22N2O. The molecule has 0 spiro atoms. The Morgan fingerprint density at radius 1 is 1.40 bits per heavy atom. The number of nitrogens with zero attached hydrogens (tertiary/aromatic N) is 2. The lowest BCUT2D eigenvalue weighted by molar-refractivity contribution is -0.124. The summed E-state index contributed by atoms with van der Waals surface area (Å²) < 4.78 is 0. The van der Waals surface area contributed by atoms with Gasteiger partial charge in [0.05, 0.1) is 0 Å². The highest BCUT2D eigenvalue weighted by Crippen LogP contribution is 2.03. The van der Waals surface area contributed by atoms with E-state index in [-0.39, 0.29) is 5.91 Å². The van der Waals surface area contributed by atoms with Crippen LogP contribution in [0.1, 0.15) is 20.3 Å². The quantitative estimate of drug-likeness (QED) is 0.625. The van der Waals surface area contributed by atoms with Gasteiger partial charge in [-0.3, -0.25) is 4.79 Å². The number of likely N-dealkylation sites (N-methyl/N-ethyl adjacent to an activating group) is 1. The fraction of sp³-hybridized carbons (Fsp3) is 0.583. The molecule has 3 nitrogen and oxygen atoms in total. The van der Waals surface area contributed by atoms with E-state index in [1.807, 2.05) is 38.9 Å². The van der Waals surface area contributed by atoms with Crippen LogP contribution < -0.4 is 0 Å². The van der Waals surface area contributed by atoms with Gasteiger partial charge in [0.15, 0.2) is 0 Å². The highest BCUT2D eigenvalue weighted by Gasteiger charge is 2.09. The Balaban J connectivity index is 4.25. The van der Waals surface area contributed by atoms with Gasteiger partial charge >= 0.3 is 0 Å². The van der Waals surface area contributed by atoms with Crippen LogP contribution in [0.4, 0.5) is 0 Å². The van der Waals surface area contributed by atoms with Crippen molar-refractivity contribution in [3.8, 4) is 0 Å². The van der Waals surface area contributed by atoms with Gasteiger partial charge in [0.25, 0.3) is 0 Å². The lowest BCUT2D eigenvalue weighted by Crippen LogP contribution is -2.28. The van der Waals surface area contributed by atoms with Gasteiger partial charge in [-0.05, 0) is 27.4 Å². The standard InChI is InChI=1S/C12H22N2O/c1-6-9-14(11(2)3)12(15)8-7-10-13(4)5/h7-8H,2,6,9-10H2,1,3-5H3/b8-7+. The first kappa shape index (κ1) is 13.9. The number of hydrogen-bond acceptors (Lipinski definition) is 2. The molecule has 0 radical (unpaired) electrons. The molecule has 0 aromatic heterocycles. The van der Waals surface area contributed by atoms with E-state index in [1.54, 1.807) is 11.0 Å². The number of carbonyl (C=O) groups excluding carboxylic acids is 1. The molecule has 0 N–H and O–H groups in total. The van der Waals surface area contributed by atoms with Gasteiger partial charge in [-0.1, -0.05) is 19.6 Å². The van der Waals surface area contributed by atoms with Gasteiger partial charge in [0.2, 0.25) is 5.91 Å². The first-order valence-electron chi connectivity index (χ1n) is 5.27. The summed E-state index contributed by atoms with van der Waals surface area (Å²) in [7, 11) is 3.94. The third kappa shape index (κ3) is 6.07. The average molecular weight is 210 g/mol. The predicted octanol–water partition coefficient (Wildman–Crippen LogP) is 1.88. The predicted molar refractivity (Wildman–Crippen MR) is 64.5 cm³/mol. The lowest BCUT2D eigenvalue weighted by Gasteiger charge is -2.20. The lowest BCUT2D eigenvalue weighted by atomic mass is 10.3. The van der Waals surface area contributed by atoms with E-state index in [0.717, 1.165) is 25.2 Å². The molecule has 1 amide bonds. The van der Waals surface area contributed by atoms with E-state index in [2.05, 4.69) is 6.58 Å². The molecule has 0 atom stereocenters. The third-order valence-corrected chi connectivity index (χ3v) is 1.91. The smallest absolute Gasteiger partial charge is 0.250 e. The summed E-state index contributed by atoms with van der Waals surface area (Å²) in [5, 5.41) is 0. The summed E-state index contributed by atoms with van der Waals surface area (Å²) in [4.78, 5) is 15.4. The SMILES string of the molecule is C=C(C)N(CCC)C(=O)/C=C/CN(C)C. The number of amides is 1. The zero-order valence-electron chi connectivity index (χ0n) is 10.3. The molecule has 3 heteroatoms. The summed E-state index contributed by atoms with van der Waals surface area (Å²) >= 11 is 0. The molecule has 0 aromatic rings. The van der Waals surface area contributed by atoms with Gasteiger partial charge in [-0.2, -0.15) is 0 Å². The molecule has 0 aliphatic heterocycles. The Morgan fingerprint density at radius 3 is 2.40 bits per heavy atom. The van der Waals surface area contributed by atoms with E-state index in [1.165, 1.54) is 0 Å². The van der Waals surface area contributed by atoms with Crippen molar-refractivity contribution < 1.29 is 4.79 Å². The van der Waals surface area contributed by atoms with Crippen molar-refractivity contribution in [2.75, 3.05) is 27.2 Å². The van der Waals surface area contributed by atoms with Crippen molar-refractivity contribution in [2.24, 2.45) is 0 Å². The van der Waals surface area contributed by atoms with Crippen LogP contribution in [-0.2, 0) is 4.79 Å². The van der Waals surface area contributed by atoms with E-state index in [0.29, 0.717) is 0 Å². The fourth-order valence-corrected chi connectivity index (χ4v) is 1.17. The van der Waals surface area contributed by atoms with Gasteiger partial charge in [0.1, 0.15) is 0 Å². The van der Waals surface area contributed by atoms with E-state index < -0.39 is 0 Å². The van der Waals surface area contributed by atoms with Crippen LogP contribution in [0.2, 0.25) is 0 Å². The van der Waals surface area contributed by atoms with Crippen LogP contribution in [0.5, 0.6) is 0 Å². The minimum atomic E-state index is 0.0196. The highest BCUT2D eigenvalue weighted by molar-refractivity contribution is 5.88. The molecular weight excluding hydrogens is 188 g/mol. The number of allylic oxidation sites excluding steroid dienone is 1. The molecule has 0 saturated heterocycles. The molecule has 0 fully saturated rings. The zero-order chi connectivity index (χ0) is 11.8. The molecule has 15 heavy (non-hydrogen) atoms. The van der Waals surface area contributed by atoms with E-state index in [4.69, 9.17) is 0 Å². The van der Waals surface area contributed by atoms with Crippen LogP contribution in [0.3, 0.4) is 0 Å². The molecule has 0 aliphatic rings. The van der Waals surface area contributed by atoms with Gasteiger partial charge < -0.3 is 9.80 Å². The number of carbonyl (C=O) groups is 1. The topological polar surface area (TPSA) is 23.6 Å². The number of rotatable bonds is 6. The second kappa shape index (κ2) is 7.23. The molecule has 0 saturated carbocycles. The third-order valence-electron chi connectivity index (χ3n) is 1.91. The van der Waals surface area contributed by atoms with E-state index in [9.17, 15) is 4.79 Å². The van der Waals surface area contributed by atoms with Crippen molar-refractivity contribution in [1.82, 2.24) is 9.80 Å². The van der Waals surface area contributed by atoms with Crippen molar-refractivity contribution in [3.05, 3.63) is 24.4 Å². The molecule has 86 valence electrons. The first-order valence-corrected chi connectivity index (χ1v) is 5.27. The maximum Gasteiger partial charge on any atom is 0.250 e. The first-order chi connectivity index (χ1) is 6.99. The van der Waals surface area contributed by atoms with Gasteiger partial charge in [0, 0.05) is 24.9 Å². The summed E-state index contributed by atoms with van der Waals surface area (Å²) in [5.74, 6) is 0.0196. The van der Waals surface area contributed by atoms with Crippen molar-refractivity contribution in [2.45, 2.75) is 20.3 Å². The second-order valence-electron chi connectivity index (χ2n) is 3.89. The maximum absolute atomic E-state index is 11.7. The minimum absolute atomic E-state index is 0.0196.